The molecule has 30 heavy (non-hydrogen) atoms. The Morgan fingerprint density at radius 3 is 2.27 bits per heavy atom. The van der Waals surface area contributed by atoms with Crippen LogP contribution in [0.1, 0.15) is 17.2 Å². The molecule has 0 amide bonds. The zero-order valence-corrected chi connectivity index (χ0v) is 17.5. The van der Waals surface area contributed by atoms with Crippen LogP contribution in [0.15, 0.2) is 89.8 Å². The van der Waals surface area contributed by atoms with Crippen molar-refractivity contribution in [3.05, 3.63) is 96.1 Å². The molecule has 0 aliphatic carbocycles. The lowest BCUT2D eigenvalue weighted by Gasteiger charge is -2.33. The Hall–Kier alpha value is -2.67. The number of hydrogen-bond acceptors (Lipinski definition) is 5. The second kappa shape index (κ2) is 9.43. The highest BCUT2D eigenvalue weighted by Crippen LogP contribution is 2.26. The lowest BCUT2D eigenvalue weighted by Crippen LogP contribution is -2.39. The summed E-state index contributed by atoms with van der Waals surface area (Å²) in [6, 6.07) is 25.7. The fourth-order valence-electron chi connectivity index (χ4n) is 3.54. The fraction of sp³-hybridized carbons (Fsp3) is 0.250. The van der Waals surface area contributed by atoms with Crippen LogP contribution in [0.3, 0.4) is 0 Å². The van der Waals surface area contributed by atoms with Gasteiger partial charge in [-0.2, -0.15) is 8.42 Å². The van der Waals surface area contributed by atoms with Gasteiger partial charge in [-0.3, -0.25) is 4.90 Å². The Bertz CT molecular complexity index is 1040. The highest BCUT2D eigenvalue weighted by atomic mass is 32.2. The monoisotopic (exact) mass is 423 g/mol. The van der Waals surface area contributed by atoms with E-state index in [0.717, 1.165) is 31.6 Å². The first-order valence-corrected chi connectivity index (χ1v) is 11.5. The molecular weight excluding hydrogens is 398 g/mol. The van der Waals surface area contributed by atoms with Crippen LogP contribution in [0.25, 0.3) is 0 Å². The second-order valence-corrected chi connectivity index (χ2v) is 8.86. The molecule has 0 radical (unpaired) electrons. The first kappa shape index (κ1) is 20.6. The highest BCUT2D eigenvalue weighted by Gasteiger charge is 2.22. The van der Waals surface area contributed by atoms with Crippen molar-refractivity contribution in [1.29, 1.82) is 0 Å². The summed E-state index contributed by atoms with van der Waals surface area (Å²) < 4.78 is 35.9. The molecular formula is C24H25NO4S. The molecule has 0 N–H and O–H groups in total. The molecule has 5 nitrogen and oxygen atoms in total. The number of morpholine rings is 1. The first-order valence-electron chi connectivity index (χ1n) is 10.1. The van der Waals surface area contributed by atoms with Crippen molar-refractivity contribution in [2.24, 2.45) is 0 Å². The van der Waals surface area contributed by atoms with Gasteiger partial charge >= 0.3 is 10.1 Å². The van der Waals surface area contributed by atoms with Gasteiger partial charge in [-0.15, -0.1) is 0 Å². The van der Waals surface area contributed by atoms with Crippen molar-refractivity contribution in [2.45, 2.75) is 17.4 Å². The van der Waals surface area contributed by atoms with Gasteiger partial charge in [0.25, 0.3) is 0 Å². The number of benzene rings is 3. The topological polar surface area (TPSA) is 55.8 Å². The van der Waals surface area contributed by atoms with E-state index in [-0.39, 0.29) is 11.0 Å². The maximum Gasteiger partial charge on any atom is 0.339 e. The molecule has 1 fully saturated rings. The summed E-state index contributed by atoms with van der Waals surface area (Å²) in [6.45, 7) is 3.40. The normalized spacial score (nSPS) is 17.5. The van der Waals surface area contributed by atoms with Gasteiger partial charge in [0.15, 0.2) is 0 Å². The Kier molecular flexibility index (Phi) is 6.47. The predicted molar refractivity (Wildman–Crippen MR) is 116 cm³/mol. The molecule has 6 heteroatoms. The van der Waals surface area contributed by atoms with E-state index in [1.54, 1.807) is 30.3 Å². The zero-order valence-electron chi connectivity index (χ0n) is 16.7. The van der Waals surface area contributed by atoms with Crippen LogP contribution in [-0.4, -0.2) is 39.6 Å². The van der Waals surface area contributed by atoms with Crippen molar-refractivity contribution >= 4 is 10.1 Å². The van der Waals surface area contributed by atoms with E-state index in [1.165, 1.54) is 17.7 Å². The minimum Gasteiger partial charge on any atom is -0.379 e. The molecule has 0 spiro atoms. The number of rotatable bonds is 7. The maximum absolute atomic E-state index is 12.4. The van der Waals surface area contributed by atoms with Crippen molar-refractivity contribution in [3.63, 3.8) is 0 Å². The molecule has 1 atom stereocenters. The Morgan fingerprint density at radius 2 is 1.57 bits per heavy atom. The van der Waals surface area contributed by atoms with Gasteiger partial charge in [0.05, 0.1) is 12.7 Å². The first-order chi connectivity index (χ1) is 14.6. The number of ether oxygens (including phenoxy) is 1. The molecule has 4 rings (SSSR count). The van der Waals surface area contributed by atoms with Gasteiger partial charge in [0, 0.05) is 19.6 Å². The van der Waals surface area contributed by atoms with Crippen LogP contribution in [0.4, 0.5) is 0 Å². The van der Waals surface area contributed by atoms with Crippen LogP contribution < -0.4 is 4.18 Å². The van der Waals surface area contributed by atoms with Gasteiger partial charge in [-0.05, 0) is 41.8 Å². The molecule has 1 aliphatic heterocycles. The summed E-state index contributed by atoms with van der Waals surface area (Å²) >= 11 is 0. The minimum atomic E-state index is -3.83. The third kappa shape index (κ3) is 5.27. The standard InChI is InChI=1S/C24H25NO4S/c26-30(27,23-9-5-2-6-10-23)29-22-13-11-21(12-14-22)24-19-25(17-18-28-24)16-15-20-7-3-1-4-8-20/h1-14,24H,15-19H2/t24-/m1/s1. The van der Waals surface area contributed by atoms with Crippen molar-refractivity contribution in [2.75, 3.05) is 26.2 Å². The summed E-state index contributed by atoms with van der Waals surface area (Å²) in [7, 11) is -3.83. The summed E-state index contributed by atoms with van der Waals surface area (Å²) in [6.07, 6.45) is 0.979. The van der Waals surface area contributed by atoms with Gasteiger partial charge < -0.3 is 8.92 Å². The second-order valence-electron chi connectivity index (χ2n) is 7.32. The molecule has 3 aromatic rings. The maximum atomic E-state index is 12.4. The molecule has 0 unspecified atom stereocenters. The Labute approximate surface area is 178 Å². The number of nitrogens with zero attached hydrogens (tertiary/aromatic N) is 1. The van der Waals surface area contributed by atoms with Crippen molar-refractivity contribution in [1.82, 2.24) is 4.90 Å². The van der Waals surface area contributed by atoms with Crippen LogP contribution >= 0.6 is 0 Å². The molecule has 3 aromatic carbocycles. The highest BCUT2D eigenvalue weighted by molar-refractivity contribution is 7.87. The minimum absolute atomic E-state index is 0.0331. The summed E-state index contributed by atoms with van der Waals surface area (Å²) in [5, 5.41) is 0. The van der Waals surface area contributed by atoms with Gasteiger partial charge in [-0.1, -0.05) is 60.7 Å². The molecule has 1 aliphatic rings. The molecule has 0 aromatic heterocycles. The van der Waals surface area contributed by atoms with Crippen LogP contribution in [0.5, 0.6) is 5.75 Å². The number of hydrogen-bond donors (Lipinski definition) is 0. The third-order valence-electron chi connectivity index (χ3n) is 5.20. The van der Waals surface area contributed by atoms with Gasteiger partial charge in [-0.25, -0.2) is 0 Å². The van der Waals surface area contributed by atoms with Crippen molar-refractivity contribution in [3.8, 4) is 5.75 Å². The van der Waals surface area contributed by atoms with E-state index >= 15 is 0 Å². The molecule has 1 heterocycles. The van der Waals surface area contributed by atoms with E-state index < -0.39 is 10.1 Å². The molecule has 0 bridgehead atoms. The van der Waals surface area contributed by atoms with E-state index in [9.17, 15) is 8.42 Å². The average Bonchev–Trinajstić information content (AvgIpc) is 2.79. The lowest BCUT2D eigenvalue weighted by molar-refractivity contribution is -0.0295. The quantitative estimate of drug-likeness (QED) is 0.536. The predicted octanol–water partition coefficient (Wildman–Crippen LogP) is 4.07. The van der Waals surface area contributed by atoms with E-state index in [4.69, 9.17) is 8.92 Å². The zero-order chi connectivity index (χ0) is 20.8. The van der Waals surface area contributed by atoms with E-state index in [1.807, 2.05) is 18.2 Å². The summed E-state index contributed by atoms with van der Waals surface area (Å²) in [5.74, 6) is 0.291. The summed E-state index contributed by atoms with van der Waals surface area (Å²) in [4.78, 5) is 2.55. The van der Waals surface area contributed by atoms with Crippen LogP contribution in [0.2, 0.25) is 0 Å². The molecule has 0 saturated carbocycles. The van der Waals surface area contributed by atoms with E-state index in [0.29, 0.717) is 12.4 Å². The third-order valence-corrected chi connectivity index (χ3v) is 6.46. The van der Waals surface area contributed by atoms with Crippen molar-refractivity contribution < 1.29 is 17.3 Å². The largest absolute Gasteiger partial charge is 0.379 e. The van der Waals surface area contributed by atoms with Crippen LogP contribution in [-0.2, 0) is 21.3 Å². The SMILES string of the molecule is O=S(=O)(Oc1ccc([C@H]2CN(CCc3ccccc3)CCO2)cc1)c1ccccc1. The fourth-order valence-corrected chi connectivity index (χ4v) is 4.49. The average molecular weight is 424 g/mol. The Balaban J connectivity index is 1.36. The van der Waals surface area contributed by atoms with E-state index in [2.05, 4.69) is 29.2 Å². The molecule has 1 saturated heterocycles. The Morgan fingerprint density at radius 1 is 0.900 bits per heavy atom. The molecule has 156 valence electrons. The summed E-state index contributed by atoms with van der Waals surface area (Å²) in [5.41, 5.74) is 2.35. The van der Waals surface area contributed by atoms with Gasteiger partial charge in [0.1, 0.15) is 10.6 Å². The van der Waals surface area contributed by atoms with Gasteiger partial charge in [0.2, 0.25) is 0 Å². The lowest BCUT2D eigenvalue weighted by atomic mass is 10.1. The smallest absolute Gasteiger partial charge is 0.339 e. The van der Waals surface area contributed by atoms with Crippen LogP contribution in [0, 0.1) is 0 Å².